The standard InChI is InChI=1S/C18H23N5O3/c1-3-23-17(20-21-18(23)24)16-10-15(25-2)12-22(16)8-9-26-14-6-4-13(11-19)5-7-14/h4-7,15-16H,3,8-10,12H2,1-2H3,(H,21,24)/t15-,16-/m0/s1. The van der Waals surface area contributed by atoms with Crippen LogP contribution < -0.4 is 10.4 Å². The smallest absolute Gasteiger partial charge is 0.343 e. The van der Waals surface area contributed by atoms with Crippen LogP contribution in [-0.4, -0.2) is 52.6 Å². The average molecular weight is 357 g/mol. The Morgan fingerprint density at radius 1 is 1.38 bits per heavy atom. The minimum Gasteiger partial charge on any atom is -0.492 e. The fourth-order valence-corrected chi connectivity index (χ4v) is 3.34. The van der Waals surface area contributed by atoms with Gasteiger partial charge in [0.05, 0.1) is 23.8 Å². The Morgan fingerprint density at radius 2 is 2.15 bits per heavy atom. The zero-order valence-electron chi connectivity index (χ0n) is 15.0. The van der Waals surface area contributed by atoms with E-state index in [0.717, 1.165) is 24.5 Å². The Balaban J connectivity index is 1.66. The molecule has 0 spiro atoms. The molecule has 1 aliphatic heterocycles. The van der Waals surface area contributed by atoms with Crippen LogP contribution in [0, 0.1) is 11.3 Å². The lowest BCUT2D eigenvalue weighted by atomic mass is 10.2. The molecular weight excluding hydrogens is 334 g/mol. The maximum absolute atomic E-state index is 11.9. The lowest BCUT2D eigenvalue weighted by Crippen LogP contribution is -2.31. The molecular formula is C18H23N5O3. The molecule has 26 heavy (non-hydrogen) atoms. The molecule has 0 radical (unpaired) electrons. The van der Waals surface area contributed by atoms with Crippen molar-refractivity contribution < 1.29 is 9.47 Å². The number of likely N-dealkylation sites (tertiary alicyclic amines) is 1. The van der Waals surface area contributed by atoms with Gasteiger partial charge in [0.15, 0.2) is 5.82 Å². The lowest BCUT2D eigenvalue weighted by Gasteiger charge is -2.23. The minimum absolute atomic E-state index is 0.0171. The molecule has 0 amide bonds. The number of nitrogens with zero attached hydrogens (tertiary/aromatic N) is 4. The van der Waals surface area contributed by atoms with Crippen molar-refractivity contribution in [1.82, 2.24) is 19.7 Å². The van der Waals surface area contributed by atoms with Crippen LogP contribution in [0.15, 0.2) is 29.1 Å². The van der Waals surface area contributed by atoms with Gasteiger partial charge < -0.3 is 9.47 Å². The van der Waals surface area contributed by atoms with Crippen LogP contribution >= 0.6 is 0 Å². The van der Waals surface area contributed by atoms with Crippen LogP contribution in [0.4, 0.5) is 0 Å². The fraction of sp³-hybridized carbons (Fsp3) is 0.500. The third-order valence-corrected chi connectivity index (χ3v) is 4.73. The molecule has 8 heteroatoms. The van der Waals surface area contributed by atoms with Gasteiger partial charge in [-0.1, -0.05) is 0 Å². The summed E-state index contributed by atoms with van der Waals surface area (Å²) >= 11 is 0. The van der Waals surface area contributed by atoms with E-state index in [0.29, 0.717) is 25.3 Å². The number of aromatic nitrogens is 3. The predicted octanol–water partition coefficient (Wildman–Crippen LogP) is 1.30. The molecule has 2 heterocycles. The summed E-state index contributed by atoms with van der Waals surface area (Å²) in [5.41, 5.74) is 0.424. The van der Waals surface area contributed by atoms with E-state index < -0.39 is 0 Å². The van der Waals surface area contributed by atoms with Gasteiger partial charge in [-0.15, -0.1) is 0 Å². The Morgan fingerprint density at radius 3 is 2.81 bits per heavy atom. The van der Waals surface area contributed by atoms with Crippen molar-refractivity contribution in [2.75, 3.05) is 26.8 Å². The summed E-state index contributed by atoms with van der Waals surface area (Å²) in [5.74, 6) is 1.48. The maximum Gasteiger partial charge on any atom is 0.343 e. The summed E-state index contributed by atoms with van der Waals surface area (Å²) in [6.07, 6.45) is 0.893. The molecule has 138 valence electrons. The van der Waals surface area contributed by atoms with Crippen LogP contribution in [-0.2, 0) is 11.3 Å². The number of benzene rings is 1. The Bertz CT molecular complexity index is 821. The predicted molar refractivity (Wildman–Crippen MR) is 94.9 cm³/mol. The molecule has 2 atom stereocenters. The molecule has 2 aromatic rings. The van der Waals surface area contributed by atoms with Crippen LogP contribution in [0.2, 0.25) is 0 Å². The van der Waals surface area contributed by atoms with Gasteiger partial charge in [0.25, 0.3) is 0 Å². The van der Waals surface area contributed by atoms with Crippen LogP contribution in [0.25, 0.3) is 0 Å². The van der Waals surface area contributed by atoms with E-state index in [1.54, 1.807) is 35.9 Å². The van der Waals surface area contributed by atoms with E-state index in [-0.39, 0.29) is 17.8 Å². The normalized spacial score (nSPS) is 20.2. The largest absolute Gasteiger partial charge is 0.492 e. The van der Waals surface area contributed by atoms with E-state index in [2.05, 4.69) is 21.2 Å². The first-order valence-electron chi connectivity index (χ1n) is 8.71. The zero-order valence-corrected chi connectivity index (χ0v) is 15.0. The van der Waals surface area contributed by atoms with Gasteiger partial charge in [0.1, 0.15) is 12.4 Å². The first-order valence-corrected chi connectivity index (χ1v) is 8.71. The van der Waals surface area contributed by atoms with Gasteiger partial charge in [0.2, 0.25) is 0 Å². The van der Waals surface area contributed by atoms with Gasteiger partial charge in [-0.3, -0.25) is 9.47 Å². The van der Waals surface area contributed by atoms with E-state index in [1.807, 2.05) is 6.92 Å². The molecule has 0 bridgehead atoms. The van der Waals surface area contributed by atoms with E-state index in [9.17, 15) is 4.79 Å². The summed E-state index contributed by atoms with van der Waals surface area (Å²) in [4.78, 5) is 14.1. The molecule has 1 aliphatic rings. The molecule has 8 nitrogen and oxygen atoms in total. The Hall–Kier alpha value is -2.63. The number of nitriles is 1. The highest BCUT2D eigenvalue weighted by molar-refractivity contribution is 5.34. The van der Waals surface area contributed by atoms with Gasteiger partial charge in [0, 0.05) is 26.7 Å². The van der Waals surface area contributed by atoms with Crippen molar-refractivity contribution in [3.63, 3.8) is 0 Å². The number of rotatable bonds is 7. The molecule has 1 saturated heterocycles. The summed E-state index contributed by atoms with van der Waals surface area (Å²) in [6.45, 7) is 4.47. The summed E-state index contributed by atoms with van der Waals surface area (Å²) in [5, 5.41) is 15.6. The number of hydrogen-bond donors (Lipinski definition) is 1. The van der Waals surface area contributed by atoms with Crippen molar-refractivity contribution in [2.45, 2.75) is 32.0 Å². The second kappa shape index (κ2) is 8.17. The SMILES string of the molecule is CCn1c([C@@H]2C[C@H](OC)CN2CCOc2ccc(C#N)cc2)n[nH]c1=O. The number of hydrogen-bond acceptors (Lipinski definition) is 6. The summed E-state index contributed by atoms with van der Waals surface area (Å²) < 4.78 is 13.0. The quantitative estimate of drug-likeness (QED) is 0.802. The summed E-state index contributed by atoms with van der Waals surface area (Å²) in [7, 11) is 1.70. The van der Waals surface area contributed by atoms with Gasteiger partial charge in [-0.2, -0.15) is 10.4 Å². The van der Waals surface area contributed by atoms with E-state index >= 15 is 0 Å². The van der Waals surface area contributed by atoms with Crippen LogP contribution in [0.3, 0.4) is 0 Å². The van der Waals surface area contributed by atoms with Crippen molar-refractivity contribution in [3.05, 3.63) is 46.1 Å². The first kappa shape index (κ1) is 18.2. The average Bonchev–Trinajstić information content (AvgIpc) is 3.24. The molecule has 3 rings (SSSR count). The first-order chi connectivity index (χ1) is 12.7. The van der Waals surface area contributed by atoms with Crippen molar-refractivity contribution in [1.29, 1.82) is 5.26 Å². The van der Waals surface area contributed by atoms with Gasteiger partial charge in [-0.05, 0) is 37.6 Å². The Labute approximate surface area is 151 Å². The van der Waals surface area contributed by atoms with Crippen molar-refractivity contribution >= 4 is 0 Å². The Kier molecular flexibility index (Phi) is 5.71. The number of methoxy groups -OCH3 is 1. The number of H-pyrrole nitrogens is 1. The minimum atomic E-state index is -0.183. The van der Waals surface area contributed by atoms with Crippen molar-refractivity contribution in [3.8, 4) is 11.8 Å². The second-order valence-corrected chi connectivity index (χ2v) is 6.22. The maximum atomic E-state index is 11.9. The third kappa shape index (κ3) is 3.79. The molecule has 1 N–H and O–H groups in total. The fourth-order valence-electron chi connectivity index (χ4n) is 3.34. The highest BCUT2D eigenvalue weighted by atomic mass is 16.5. The van der Waals surface area contributed by atoms with E-state index in [1.165, 1.54) is 0 Å². The van der Waals surface area contributed by atoms with Gasteiger partial charge in [-0.25, -0.2) is 9.89 Å². The number of aromatic amines is 1. The van der Waals surface area contributed by atoms with E-state index in [4.69, 9.17) is 14.7 Å². The number of nitrogens with one attached hydrogen (secondary N) is 1. The van der Waals surface area contributed by atoms with Crippen LogP contribution in [0.1, 0.15) is 30.8 Å². The molecule has 1 aromatic carbocycles. The molecule has 0 aliphatic carbocycles. The highest BCUT2D eigenvalue weighted by Crippen LogP contribution is 2.31. The second-order valence-electron chi connectivity index (χ2n) is 6.22. The monoisotopic (exact) mass is 357 g/mol. The molecule has 1 aromatic heterocycles. The topological polar surface area (TPSA) is 96.2 Å². The molecule has 0 unspecified atom stereocenters. The highest BCUT2D eigenvalue weighted by Gasteiger charge is 2.36. The number of ether oxygens (including phenoxy) is 2. The van der Waals surface area contributed by atoms with Crippen molar-refractivity contribution in [2.24, 2.45) is 0 Å². The van der Waals surface area contributed by atoms with Crippen LogP contribution in [0.5, 0.6) is 5.75 Å². The molecule has 1 fully saturated rings. The third-order valence-electron chi connectivity index (χ3n) is 4.73. The lowest BCUT2D eigenvalue weighted by molar-refractivity contribution is 0.105. The zero-order chi connectivity index (χ0) is 18.5. The van der Waals surface area contributed by atoms with Gasteiger partial charge >= 0.3 is 5.69 Å². The summed E-state index contributed by atoms with van der Waals surface area (Å²) in [6, 6.07) is 9.16. The molecule has 0 saturated carbocycles.